The molecule has 0 radical (unpaired) electrons. The Bertz CT molecular complexity index is 1840. The molecule has 10 nitrogen and oxygen atoms in total. The molecule has 1 N–H and O–H groups in total. The molecule has 1 saturated heterocycles. The van der Waals surface area contributed by atoms with Crippen LogP contribution in [0.4, 0.5) is 5.95 Å². The smallest absolute Gasteiger partial charge is 0.309 e. The minimum absolute atomic E-state index is 0.140. The monoisotopic (exact) mass is 600 g/mol. The fraction of sp³-hybridized carbons (Fsp3) is 0.281. The summed E-state index contributed by atoms with van der Waals surface area (Å²) in [7, 11) is 0. The Morgan fingerprint density at radius 3 is 2.58 bits per heavy atom. The Balaban J connectivity index is 1.48. The van der Waals surface area contributed by atoms with Crippen LogP contribution in [0.3, 0.4) is 0 Å². The molecule has 0 unspecified atom stereocenters. The van der Waals surface area contributed by atoms with Crippen molar-refractivity contribution in [3.8, 4) is 17.1 Å². The molecule has 220 valence electrons. The zero-order valence-electron chi connectivity index (χ0n) is 23.5. The van der Waals surface area contributed by atoms with Gasteiger partial charge in [0.05, 0.1) is 36.2 Å². The number of halogens is 1. The fourth-order valence-electron chi connectivity index (χ4n) is 5.55. The van der Waals surface area contributed by atoms with Gasteiger partial charge in [-0.1, -0.05) is 17.7 Å². The molecule has 5 aromatic rings. The number of aromatic nitrogens is 3. The predicted octanol–water partition coefficient (Wildman–Crippen LogP) is 6.31. The van der Waals surface area contributed by atoms with Gasteiger partial charge in [0.1, 0.15) is 5.76 Å². The Morgan fingerprint density at radius 1 is 1.05 bits per heavy atom. The molecule has 0 spiro atoms. The molecule has 11 heteroatoms. The van der Waals surface area contributed by atoms with E-state index in [4.69, 9.17) is 35.8 Å². The van der Waals surface area contributed by atoms with E-state index >= 15 is 0 Å². The molecular weight excluding hydrogens is 572 g/mol. The van der Waals surface area contributed by atoms with E-state index in [0.717, 1.165) is 10.9 Å². The van der Waals surface area contributed by atoms with Crippen LogP contribution in [0.25, 0.3) is 38.9 Å². The summed E-state index contributed by atoms with van der Waals surface area (Å²) in [5, 5.41) is 11.0. The summed E-state index contributed by atoms with van der Waals surface area (Å²) in [5.74, 6) is 0.0706. The molecule has 0 saturated carbocycles. The summed E-state index contributed by atoms with van der Waals surface area (Å²) < 4.78 is 12.7. The van der Waals surface area contributed by atoms with Crippen molar-refractivity contribution in [2.45, 2.75) is 32.6 Å². The minimum Gasteiger partial charge on any atom is -0.481 e. The number of fused-ring (bicyclic) bond motifs is 2. The summed E-state index contributed by atoms with van der Waals surface area (Å²) in [6.45, 7) is 3.31. The Kier molecular flexibility index (Phi) is 7.86. The summed E-state index contributed by atoms with van der Waals surface area (Å²) in [4.78, 5) is 48.7. The van der Waals surface area contributed by atoms with E-state index in [9.17, 15) is 14.4 Å². The normalized spacial score (nSPS) is 14.0. The molecule has 0 amide bonds. The Labute approximate surface area is 251 Å². The van der Waals surface area contributed by atoms with Crippen LogP contribution < -0.4 is 4.90 Å². The highest BCUT2D eigenvalue weighted by Gasteiger charge is 2.28. The van der Waals surface area contributed by atoms with Crippen LogP contribution in [-0.2, 0) is 14.3 Å². The van der Waals surface area contributed by atoms with Gasteiger partial charge in [-0.15, -0.1) is 0 Å². The molecule has 2 aromatic carbocycles. The number of hydrogen-bond acceptors (Lipinski definition) is 8. The molecule has 3 aromatic heterocycles. The number of furan rings is 1. The topological polar surface area (TPSA) is 128 Å². The zero-order chi connectivity index (χ0) is 30.1. The second-order valence-electron chi connectivity index (χ2n) is 10.5. The van der Waals surface area contributed by atoms with Crippen molar-refractivity contribution in [3.05, 3.63) is 71.6 Å². The summed E-state index contributed by atoms with van der Waals surface area (Å²) in [6, 6.07) is 14.8. The number of nitrogens with zero attached hydrogens (tertiary/aromatic N) is 4. The first-order valence-corrected chi connectivity index (χ1v) is 14.5. The Hall–Kier alpha value is -4.70. The van der Waals surface area contributed by atoms with Gasteiger partial charge in [-0.3, -0.25) is 19.0 Å². The first-order valence-electron chi connectivity index (χ1n) is 14.2. The van der Waals surface area contributed by atoms with Crippen LogP contribution in [0, 0.1) is 5.92 Å². The Morgan fingerprint density at radius 2 is 1.86 bits per heavy atom. The largest absolute Gasteiger partial charge is 0.481 e. The van der Waals surface area contributed by atoms with Gasteiger partial charge in [0.15, 0.2) is 11.6 Å². The highest BCUT2D eigenvalue weighted by Crippen LogP contribution is 2.34. The van der Waals surface area contributed by atoms with Gasteiger partial charge in [0.2, 0.25) is 5.95 Å². The second kappa shape index (κ2) is 11.9. The van der Waals surface area contributed by atoms with Crippen molar-refractivity contribution < 1.29 is 28.6 Å². The minimum atomic E-state index is -1.04. The second-order valence-corrected chi connectivity index (χ2v) is 10.9. The third-order valence-corrected chi connectivity index (χ3v) is 7.96. The van der Waals surface area contributed by atoms with Crippen LogP contribution >= 0.6 is 11.6 Å². The van der Waals surface area contributed by atoms with Crippen LogP contribution in [0.2, 0.25) is 5.02 Å². The van der Waals surface area contributed by atoms with Gasteiger partial charge in [0.25, 0.3) is 0 Å². The van der Waals surface area contributed by atoms with Crippen LogP contribution in [0.1, 0.15) is 43.0 Å². The lowest BCUT2D eigenvalue weighted by Crippen LogP contribution is -2.38. The highest BCUT2D eigenvalue weighted by atomic mass is 35.5. The average molecular weight is 601 g/mol. The SMILES string of the molecule is CCOC(=O)C1CCN(c2nc(-n3cc(C(=O)CCC(=O)O)c4cc(Cl)ccc43)c3ccc(-c4ccco4)cc3n2)CC1. The van der Waals surface area contributed by atoms with Gasteiger partial charge < -0.3 is 19.2 Å². The number of carbonyl (C=O) groups excluding carboxylic acids is 2. The number of carbonyl (C=O) groups is 3. The van der Waals surface area contributed by atoms with Crippen LogP contribution in [-0.4, -0.2) is 57.1 Å². The average Bonchev–Trinajstić information content (AvgIpc) is 3.68. The standard InChI is InChI=1S/C32H29ClN4O6/c1-2-42-31(41)19-11-13-36(14-12-19)32-34-25-16-20(28-4-3-15-43-28)5-7-22(25)30(35-32)37-18-24(27(38)9-10-29(39)40)23-17-21(33)6-8-26(23)37/h3-8,15-19H,2,9-14H2,1H3,(H,39,40). The number of carboxylic acids is 1. The molecule has 1 aliphatic heterocycles. The van der Waals surface area contributed by atoms with Crippen molar-refractivity contribution in [2.24, 2.45) is 5.92 Å². The number of Topliss-reactive ketones (excluding diaryl/α,β-unsaturated/α-hetero) is 1. The van der Waals surface area contributed by atoms with E-state index in [2.05, 4.69) is 4.90 Å². The number of rotatable bonds is 9. The summed E-state index contributed by atoms with van der Waals surface area (Å²) in [5.41, 5.74) is 2.60. The van der Waals surface area contributed by atoms with Gasteiger partial charge in [-0.05, 0) is 62.2 Å². The molecule has 43 heavy (non-hydrogen) atoms. The van der Waals surface area contributed by atoms with Crippen LogP contribution in [0.15, 0.2) is 65.4 Å². The molecule has 6 rings (SSSR count). The number of benzene rings is 2. The van der Waals surface area contributed by atoms with Crippen molar-refractivity contribution in [3.63, 3.8) is 0 Å². The van der Waals surface area contributed by atoms with Crippen molar-refractivity contribution >= 4 is 57.1 Å². The maximum atomic E-state index is 13.2. The predicted molar refractivity (Wildman–Crippen MR) is 162 cm³/mol. The maximum absolute atomic E-state index is 13.2. The number of esters is 1. The molecule has 1 fully saturated rings. The molecule has 1 aliphatic rings. The van der Waals surface area contributed by atoms with E-state index < -0.39 is 5.97 Å². The number of piperidine rings is 1. The van der Waals surface area contributed by atoms with Crippen LogP contribution in [0.5, 0.6) is 0 Å². The number of aliphatic carboxylic acids is 1. The highest BCUT2D eigenvalue weighted by molar-refractivity contribution is 6.31. The van der Waals surface area contributed by atoms with E-state index in [1.807, 2.05) is 41.0 Å². The number of anilines is 1. The first-order chi connectivity index (χ1) is 20.8. The van der Waals surface area contributed by atoms with Gasteiger partial charge in [0, 0.05) is 52.6 Å². The van der Waals surface area contributed by atoms with Crippen molar-refractivity contribution in [1.29, 1.82) is 0 Å². The molecule has 0 atom stereocenters. The summed E-state index contributed by atoms with van der Waals surface area (Å²) in [6.07, 6.45) is 4.14. The quantitative estimate of drug-likeness (QED) is 0.153. The molecule has 0 bridgehead atoms. The summed E-state index contributed by atoms with van der Waals surface area (Å²) >= 11 is 6.33. The van der Waals surface area contributed by atoms with E-state index in [0.29, 0.717) is 77.1 Å². The lowest BCUT2D eigenvalue weighted by Gasteiger charge is -2.31. The van der Waals surface area contributed by atoms with E-state index in [1.54, 1.807) is 31.5 Å². The lowest BCUT2D eigenvalue weighted by atomic mass is 9.97. The third-order valence-electron chi connectivity index (χ3n) is 7.73. The number of ether oxygens (including phenoxy) is 1. The van der Waals surface area contributed by atoms with E-state index in [-0.39, 0.29) is 30.5 Å². The number of carboxylic acid groups (broad SMARTS) is 1. The fourth-order valence-corrected chi connectivity index (χ4v) is 5.72. The third kappa shape index (κ3) is 5.70. The first kappa shape index (κ1) is 28.4. The molecule has 0 aliphatic carbocycles. The molecule has 4 heterocycles. The number of ketones is 1. The maximum Gasteiger partial charge on any atom is 0.309 e. The lowest BCUT2D eigenvalue weighted by molar-refractivity contribution is -0.148. The van der Waals surface area contributed by atoms with Crippen molar-refractivity contribution in [1.82, 2.24) is 14.5 Å². The van der Waals surface area contributed by atoms with Crippen molar-refractivity contribution in [2.75, 3.05) is 24.6 Å². The zero-order valence-corrected chi connectivity index (χ0v) is 24.2. The van der Waals surface area contributed by atoms with Gasteiger partial charge in [-0.25, -0.2) is 4.98 Å². The van der Waals surface area contributed by atoms with Gasteiger partial charge in [-0.2, -0.15) is 4.98 Å². The van der Waals surface area contributed by atoms with E-state index in [1.165, 1.54) is 0 Å². The van der Waals surface area contributed by atoms with Gasteiger partial charge >= 0.3 is 11.9 Å². The number of hydrogen-bond donors (Lipinski definition) is 1. The molecular formula is C32H29ClN4O6.